The van der Waals surface area contributed by atoms with E-state index >= 15 is 0 Å². The maximum absolute atomic E-state index is 8.77. The minimum absolute atomic E-state index is 1.12. The van der Waals surface area contributed by atoms with E-state index in [0.717, 1.165) is 4.48 Å². The average Bonchev–Trinajstić information content (AvgIpc) is 2.37. The van der Waals surface area contributed by atoms with Gasteiger partial charge < -0.3 is 19.2 Å². The zero-order chi connectivity index (χ0) is 18.2. The number of nitrogens with zero attached hydrogens (tertiary/aromatic N) is 1. The van der Waals surface area contributed by atoms with Crippen molar-refractivity contribution in [2.24, 2.45) is 0 Å². The fraction of sp³-hybridized carbons (Fsp3) is 1.00. The number of quaternary nitrogens is 1. The fourth-order valence-corrected chi connectivity index (χ4v) is 2.43. The Hall–Kier alpha value is 0.0700. The van der Waals surface area contributed by atoms with Gasteiger partial charge in [0, 0.05) is 0 Å². The summed E-state index contributed by atoms with van der Waals surface area (Å²) < 4.78 is 9.89. The van der Waals surface area contributed by atoms with Crippen LogP contribution in [0.5, 0.6) is 0 Å². The molecule has 0 aliphatic heterocycles. The van der Waals surface area contributed by atoms with Crippen LogP contribution >= 0.6 is 7.82 Å². The van der Waals surface area contributed by atoms with Crippen molar-refractivity contribution in [1.82, 2.24) is 0 Å². The van der Waals surface area contributed by atoms with E-state index in [1.54, 1.807) is 0 Å². The van der Waals surface area contributed by atoms with E-state index in [1.807, 2.05) is 0 Å². The molecule has 0 amide bonds. The molecule has 0 heterocycles. The standard InChI is InChI=1S/C17H38N.H3O4P/c1-5-6-7-8-9-10-11-12-13-14-15-16-17-18(2,3)4;1-5(2,3)4/h5-17H2,1-4H3;(H3,1,2,3,4)/q+1;/p-1. The molecule has 0 spiro atoms. The third-order valence-corrected chi connectivity index (χ3v) is 3.68. The molecule has 142 valence electrons. The van der Waals surface area contributed by atoms with Crippen molar-refractivity contribution < 1.29 is 23.7 Å². The van der Waals surface area contributed by atoms with Crippen molar-refractivity contribution >= 4 is 7.82 Å². The van der Waals surface area contributed by atoms with Crippen LogP contribution in [-0.2, 0) is 4.57 Å². The maximum atomic E-state index is 8.77. The maximum Gasteiger partial charge on any atom is 0.262 e. The molecule has 5 nitrogen and oxygen atoms in total. The fourth-order valence-electron chi connectivity index (χ4n) is 2.43. The average molecular weight is 353 g/mol. The second-order valence-corrected chi connectivity index (χ2v) is 8.37. The molecule has 0 aromatic rings. The lowest BCUT2D eigenvalue weighted by atomic mass is 10.1. The molecule has 6 heteroatoms. The lowest BCUT2D eigenvalue weighted by Crippen LogP contribution is -2.35. The molecule has 0 aliphatic rings. The summed E-state index contributed by atoms with van der Waals surface area (Å²) in [4.78, 5) is 22.9. The van der Waals surface area contributed by atoms with Crippen LogP contribution in [0.2, 0.25) is 0 Å². The van der Waals surface area contributed by atoms with Gasteiger partial charge in [-0.3, -0.25) is 4.57 Å². The van der Waals surface area contributed by atoms with Gasteiger partial charge in [0.05, 0.1) is 27.7 Å². The van der Waals surface area contributed by atoms with Crippen LogP contribution in [0.25, 0.3) is 0 Å². The highest BCUT2D eigenvalue weighted by Crippen LogP contribution is 2.19. The second-order valence-electron chi connectivity index (χ2n) is 7.39. The smallest absolute Gasteiger partial charge is 0.262 e. The van der Waals surface area contributed by atoms with Gasteiger partial charge in [-0.05, 0) is 12.8 Å². The monoisotopic (exact) mass is 353 g/mol. The minimum Gasteiger partial charge on any atom is -0.756 e. The largest absolute Gasteiger partial charge is 0.756 e. The molecule has 0 saturated carbocycles. The summed E-state index contributed by atoms with van der Waals surface area (Å²) in [6, 6.07) is 0. The van der Waals surface area contributed by atoms with Crippen LogP contribution in [0, 0.1) is 0 Å². The third kappa shape index (κ3) is 39.1. The molecular formula is C17H40NO4P. The summed E-state index contributed by atoms with van der Waals surface area (Å²) >= 11 is 0. The molecule has 0 aromatic carbocycles. The first-order chi connectivity index (χ1) is 10.6. The first-order valence-corrected chi connectivity index (χ1v) is 10.7. The molecule has 0 bridgehead atoms. The molecule has 2 N–H and O–H groups in total. The van der Waals surface area contributed by atoms with E-state index in [0.29, 0.717) is 0 Å². The van der Waals surface area contributed by atoms with Gasteiger partial charge in [-0.2, -0.15) is 0 Å². The van der Waals surface area contributed by atoms with Crippen molar-refractivity contribution in [3.05, 3.63) is 0 Å². The van der Waals surface area contributed by atoms with Crippen molar-refractivity contribution in [3.8, 4) is 0 Å². The molecule has 0 aromatic heterocycles. The van der Waals surface area contributed by atoms with Gasteiger partial charge in [-0.25, -0.2) is 0 Å². The molecule has 0 fully saturated rings. The molecule has 0 radical (unpaired) electrons. The van der Waals surface area contributed by atoms with Crippen molar-refractivity contribution in [1.29, 1.82) is 0 Å². The predicted molar refractivity (Wildman–Crippen MR) is 96.0 cm³/mol. The summed E-state index contributed by atoms with van der Waals surface area (Å²) in [7, 11) is 1.98. The summed E-state index contributed by atoms with van der Waals surface area (Å²) in [6.07, 6.45) is 17.4. The molecule has 0 atom stereocenters. The zero-order valence-corrected chi connectivity index (χ0v) is 16.7. The van der Waals surface area contributed by atoms with E-state index in [9.17, 15) is 0 Å². The number of hydrogen-bond donors (Lipinski definition) is 2. The summed E-state index contributed by atoms with van der Waals surface area (Å²) in [5, 5.41) is 0. The summed E-state index contributed by atoms with van der Waals surface area (Å²) in [5.74, 6) is 0. The number of rotatable bonds is 13. The van der Waals surface area contributed by atoms with Gasteiger partial charge in [0.25, 0.3) is 7.82 Å². The van der Waals surface area contributed by atoms with Gasteiger partial charge in [0.2, 0.25) is 0 Å². The minimum atomic E-state index is -4.89. The molecule has 0 aliphatic carbocycles. The Morgan fingerprint density at radius 2 is 1.00 bits per heavy atom. The Morgan fingerprint density at radius 3 is 1.26 bits per heavy atom. The Bertz CT molecular complexity index is 279. The highest BCUT2D eigenvalue weighted by Gasteiger charge is 2.04. The van der Waals surface area contributed by atoms with Crippen molar-refractivity contribution in [2.45, 2.75) is 84.0 Å². The number of phosphoric acid groups is 1. The van der Waals surface area contributed by atoms with Gasteiger partial charge in [-0.15, -0.1) is 0 Å². The summed E-state index contributed by atoms with van der Waals surface area (Å²) in [6.45, 7) is 3.62. The molecule has 23 heavy (non-hydrogen) atoms. The van der Waals surface area contributed by atoms with E-state index in [2.05, 4.69) is 28.1 Å². The van der Waals surface area contributed by atoms with Gasteiger partial charge in [0.15, 0.2) is 0 Å². The van der Waals surface area contributed by atoms with E-state index < -0.39 is 7.82 Å². The highest BCUT2D eigenvalue weighted by molar-refractivity contribution is 7.43. The lowest BCUT2D eigenvalue weighted by molar-refractivity contribution is -0.870. The number of unbranched alkanes of at least 4 members (excludes halogenated alkanes) is 11. The van der Waals surface area contributed by atoms with Crippen LogP contribution in [-0.4, -0.2) is 42.0 Å². The van der Waals surface area contributed by atoms with Crippen molar-refractivity contribution in [2.75, 3.05) is 27.7 Å². The van der Waals surface area contributed by atoms with Crippen LogP contribution in [0.15, 0.2) is 0 Å². The normalized spacial score (nSPS) is 12.0. The Morgan fingerprint density at radius 1 is 0.739 bits per heavy atom. The highest BCUT2D eigenvalue weighted by atomic mass is 31.2. The first-order valence-electron chi connectivity index (χ1n) is 9.13. The number of hydrogen-bond acceptors (Lipinski definition) is 2. The Labute approximate surface area is 143 Å². The van der Waals surface area contributed by atoms with E-state index in [1.165, 1.54) is 83.6 Å². The van der Waals surface area contributed by atoms with Crippen molar-refractivity contribution in [3.63, 3.8) is 0 Å². The molecular weight excluding hydrogens is 313 g/mol. The first kappa shape index (κ1) is 25.3. The van der Waals surface area contributed by atoms with E-state index in [4.69, 9.17) is 19.2 Å². The van der Waals surface area contributed by atoms with Gasteiger partial charge in [-0.1, -0.05) is 71.1 Å². The van der Waals surface area contributed by atoms with E-state index in [-0.39, 0.29) is 0 Å². The Balaban J connectivity index is 0. The van der Waals surface area contributed by atoms with Crippen LogP contribution in [0.1, 0.15) is 84.0 Å². The SMILES string of the molecule is CCCCCCCCCCCCCC[N+](C)(C)C.O=P([O-])(O)O. The third-order valence-electron chi connectivity index (χ3n) is 3.68. The molecule has 0 unspecified atom stereocenters. The second kappa shape index (κ2) is 15.6. The quantitative estimate of drug-likeness (QED) is 0.299. The molecule has 0 rings (SSSR count). The van der Waals surface area contributed by atoms with Gasteiger partial charge >= 0.3 is 0 Å². The Kier molecular flexibility index (Phi) is 17.2. The summed E-state index contributed by atoms with van der Waals surface area (Å²) in [5.41, 5.74) is 0. The predicted octanol–water partition coefficient (Wildman–Crippen LogP) is 3.83. The lowest BCUT2D eigenvalue weighted by Gasteiger charge is -2.23. The van der Waals surface area contributed by atoms with Crippen LogP contribution in [0.4, 0.5) is 0 Å². The zero-order valence-electron chi connectivity index (χ0n) is 15.8. The van der Waals surface area contributed by atoms with Gasteiger partial charge in [0.1, 0.15) is 0 Å². The molecule has 0 saturated heterocycles. The topological polar surface area (TPSA) is 80.6 Å². The van der Waals surface area contributed by atoms with Crippen LogP contribution in [0.3, 0.4) is 0 Å². The van der Waals surface area contributed by atoms with Crippen LogP contribution < -0.4 is 4.89 Å².